The van der Waals surface area contributed by atoms with Crippen molar-refractivity contribution in [2.24, 2.45) is 0 Å². The van der Waals surface area contributed by atoms with Crippen LogP contribution in [0.15, 0.2) is 23.3 Å². The van der Waals surface area contributed by atoms with Gasteiger partial charge in [-0.3, -0.25) is 0 Å². The normalized spacial score (nSPS) is 19.3. The maximum Gasteiger partial charge on any atom is 0.104 e. The van der Waals surface area contributed by atoms with Crippen LogP contribution in [0.2, 0.25) is 0 Å². The molecule has 0 bridgehead atoms. The van der Waals surface area contributed by atoms with Crippen LogP contribution in [-0.2, 0) is 0 Å². The van der Waals surface area contributed by atoms with Gasteiger partial charge in [0.15, 0.2) is 0 Å². The van der Waals surface area contributed by atoms with Crippen molar-refractivity contribution in [1.29, 1.82) is 0 Å². The van der Waals surface area contributed by atoms with Crippen LogP contribution in [0.25, 0.3) is 0 Å². The van der Waals surface area contributed by atoms with E-state index in [-0.39, 0.29) is 24.5 Å². The molecule has 0 saturated carbocycles. The fourth-order valence-corrected chi connectivity index (χ4v) is 1.31. The number of halogens is 3. The first-order chi connectivity index (χ1) is 4.74. The molecule has 0 heterocycles. The summed E-state index contributed by atoms with van der Waals surface area (Å²) in [4.78, 5) is 0. The van der Waals surface area contributed by atoms with E-state index in [4.69, 9.17) is 0 Å². The number of rotatable bonds is 1. The summed E-state index contributed by atoms with van der Waals surface area (Å²) in [7, 11) is 0. The second-order valence-electron chi connectivity index (χ2n) is 2.15. The molecule has 0 N–H and O–H groups in total. The number of hydrogen-bond acceptors (Lipinski definition) is 0. The minimum absolute atomic E-state index is 0.196. The minimum Gasteiger partial charge on any atom is -0.212 e. The third kappa shape index (κ3) is 1.66. The zero-order chi connectivity index (χ0) is 7.56. The number of allylic oxidation sites excluding steroid dienone is 4. The van der Waals surface area contributed by atoms with E-state index in [0.29, 0.717) is 10.9 Å². The van der Waals surface area contributed by atoms with Gasteiger partial charge in [0, 0.05) is 18.2 Å². The Balaban J connectivity index is 2.82. The Bertz CT molecular complexity index is 194. The van der Waals surface area contributed by atoms with Crippen LogP contribution >= 0.6 is 15.9 Å². The second kappa shape index (κ2) is 3.28. The predicted molar refractivity (Wildman–Crippen MR) is 40.4 cm³/mol. The van der Waals surface area contributed by atoms with Crippen LogP contribution in [0, 0.1) is 0 Å². The van der Waals surface area contributed by atoms with Crippen LogP contribution in [0.3, 0.4) is 0 Å². The lowest BCUT2D eigenvalue weighted by molar-refractivity contribution is 0.518. The molecular formula is C7H7BrF2. The summed E-state index contributed by atoms with van der Waals surface area (Å²) >= 11 is 3.07. The van der Waals surface area contributed by atoms with E-state index in [2.05, 4.69) is 15.9 Å². The topological polar surface area (TPSA) is 0 Å². The predicted octanol–water partition coefficient (Wildman–Crippen LogP) is 3.25. The first-order valence-corrected chi connectivity index (χ1v) is 4.15. The number of hydrogen-bond donors (Lipinski definition) is 0. The van der Waals surface area contributed by atoms with Crippen molar-refractivity contribution in [1.82, 2.24) is 0 Å². The summed E-state index contributed by atoms with van der Waals surface area (Å²) in [6, 6.07) is 0. The lowest BCUT2D eigenvalue weighted by Crippen LogP contribution is -1.94. The van der Waals surface area contributed by atoms with Gasteiger partial charge in [0.05, 0.1) is 0 Å². The largest absolute Gasteiger partial charge is 0.212 e. The monoisotopic (exact) mass is 208 g/mol. The third-order valence-corrected chi connectivity index (χ3v) is 2.01. The van der Waals surface area contributed by atoms with E-state index in [9.17, 15) is 8.78 Å². The standard InChI is InChI=1S/C7H7BrF2/c8-4-5-3-6(9)1-2-7(5)10/h3H,1-2,4H2. The Morgan fingerprint density at radius 3 is 2.60 bits per heavy atom. The second-order valence-corrected chi connectivity index (χ2v) is 2.72. The summed E-state index contributed by atoms with van der Waals surface area (Å²) in [5.74, 6) is -0.422. The molecular weight excluding hydrogens is 202 g/mol. The first kappa shape index (κ1) is 7.92. The minimum atomic E-state index is -0.226. The first-order valence-electron chi connectivity index (χ1n) is 3.03. The molecule has 1 aliphatic carbocycles. The zero-order valence-corrected chi connectivity index (χ0v) is 6.92. The molecule has 0 saturated heterocycles. The van der Waals surface area contributed by atoms with Crippen LogP contribution in [0.1, 0.15) is 12.8 Å². The van der Waals surface area contributed by atoms with Crippen LogP contribution in [0.5, 0.6) is 0 Å². The highest BCUT2D eigenvalue weighted by Crippen LogP contribution is 2.26. The van der Waals surface area contributed by atoms with Gasteiger partial charge >= 0.3 is 0 Å². The van der Waals surface area contributed by atoms with Crippen LogP contribution in [0.4, 0.5) is 8.78 Å². The lowest BCUT2D eigenvalue weighted by atomic mass is 10.1. The zero-order valence-electron chi connectivity index (χ0n) is 5.33. The van der Waals surface area contributed by atoms with Gasteiger partial charge in [-0.1, -0.05) is 15.9 Å². The van der Waals surface area contributed by atoms with Crippen molar-refractivity contribution >= 4 is 15.9 Å². The molecule has 0 aromatic carbocycles. The van der Waals surface area contributed by atoms with Gasteiger partial charge < -0.3 is 0 Å². The maximum absolute atomic E-state index is 12.7. The Labute approximate surface area is 66.7 Å². The summed E-state index contributed by atoms with van der Waals surface area (Å²) in [5.41, 5.74) is 0.434. The molecule has 0 nitrogen and oxygen atoms in total. The van der Waals surface area contributed by atoms with Crippen LogP contribution < -0.4 is 0 Å². The quantitative estimate of drug-likeness (QED) is 0.581. The van der Waals surface area contributed by atoms with Crippen molar-refractivity contribution in [3.63, 3.8) is 0 Å². The van der Waals surface area contributed by atoms with Crippen molar-refractivity contribution in [3.05, 3.63) is 23.3 Å². The number of alkyl halides is 1. The van der Waals surface area contributed by atoms with Gasteiger partial charge in [-0.2, -0.15) is 0 Å². The van der Waals surface area contributed by atoms with E-state index >= 15 is 0 Å². The van der Waals surface area contributed by atoms with E-state index < -0.39 is 0 Å². The van der Waals surface area contributed by atoms with Crippen LogP contribution in [-0.4, -0.2) is 5.33 Å². The molecule has 0 spiro atoms. The molecule has 0 amide bonds. The van der Waals surface area contributed by atoms with E-state index in [1.54, 1.807) is 0 Å². The fourth-order valence-electron chi connectivity index (χ4n) is 0.840. The third-order valence-electron chi connectivity index (χ3n) is 1.41. The van der Waals surface area contributed by atoms with E-state index in [0.717, 1.165) is 0 Å². The van der Waals surface area contributed by atoms with Gasteiger partial charge in [0.25, 0.3) is 0 Å². The molecule has 0 radical (unpaired) electrons. The Kier molecular flexibility index (Phi) is 2.60. The molecule has 0 aromatic rings. The molecule has 0 atom stereocenters. The van der Waals surface area contributed by atoms with Gasteiger partial charge in [-0.15, -0.1) is 0 Å². The highest BCUT2D eigenvalue weighted by molar-refractivity contribution is 9.09. The Morgan fingerprint density at radius 2 is 2.10 bits per heavy atom. The molecule has 0 unspecified atom stereocenters. The molecule has 0 aliphatic heterocycles. The maximum atomic E-state index is 12.7. The average Bonchev–Trinajstić information content (AvgIpc) is 1.94. The van der Waals surface area contributed by atoms with Crippen molar-refractivity contribution in [2.75, 3.05) is 5.33 Å². The summed E-state index contributed by atoms with van der Waals surface area (Å²) in [6.07, 6.45) is 1.68. The fraction of sp³-hybridized carbons (Fsp3) is 0.429. The average molecular weight is 209 g/mol. The van der Waals surface area contributed by atoms with Gasteiger partial charge in [0.2, 0.25) is 0 Å². The van der Waals surface area contributed by atoms with Crippen molar-refractivity contribution < 1.29 is 8.78 Å². The summed E-state index contributed by atoms with van der Waals surface area (Å²) in [5, 5.41) is 0.395. The molecule has 10 heavy (non-hydrogen) atoms. The molecule has 1 rings (SSSR count). The molecule has 0 fully saturated rings. The van der Waals surface area contributed by atoms with E-state index in [1.165, 1.54) is 6.08 Å². The Hall–Kier alpha value is -0.180. The summed E-state index contributed by atoms with van der Waals surface area (Å²) < 4.78 is 25.1. The Morgan fingerprint density at radius 1 is 1.40 bits per heavy atom. The molecule has 1 aliphatic rings. The van der Waals surface area contributed by atoms with Gasteiger partial charge in [0.1, 0.15) is 11.7 Å². The SMILES string of the molecule is FC1=CC(CBr)=C(F)CC1. The highest BCUT2D eigenvalue weighted by Gasteiger charge is 2.11. The summed E-state index contributed by atoms with van der Waals surface area (Å²) in [6.45, 7) is 0. The van der Waals surface area contributed by atoms with E-state index in [1.807, 2.05) is 0 Å². The molecule has 56 valence electrons. The highest BCUT2D eigenvalue weighted by atomic mass is 79.9. The van der Waals surface area contributed by atoms with Gasteiger partial charge in [-0.05, 0) is 11.6 Å². The van der Waals surface area contributed by atoms with Gasteiger partial charge in [-0.25, -0.2) is 8.78 Å². The molecule has 0 aromatic heterocycles. The van der Waals surface area contributed by atoms with Crippen molar-refractivity contribution in [3.8, 4) is 0 Å². The van der Waals surface area contributed by atoms with Crippen molar-refractivity contribution in [2.45, 2.75) is 12.8 Å². The smallest absolute Gasteiger partial charge is 0.104 e. The lowest BCUT2D eigenvalue weighted by Gasteiger charge is -2.07. The molecule has 3 heteroatoms.